The van der Waals surface area contributed by atoms with Crippen LogP contribution in [-0.4, -0.2) is 28.0 Å². The summed E-state index contributed by atoms with van der Waals surface area (Å²) in [6.45, 7) is 6.52. The van der Waals surface area contributed by atoms with E-state index in [1.165, 1.54) is 41.4 Å². The lowest BCUT2D eigenvalue weighted by Gasteiger charge is -2.44. The van der Waals surface area contributed by atoms with Crippen molar-refractivity contribution in [2.24, 2.45) is 0 Å². The summed E-state index contributed by atoms with van der Waals surface area (Å²) in [6.07, 6.45) is 5.73. The lowest BCUT2D eigenvalue weighted by Crippen LogP contribution is -2.40. The SMILES string of the molecule is Cc1ccc2c(c1)c1c(n2CCc2ccc(C)nc2)C2CCC1N(C)C2. The molecule has 0 spiro atoms. The molecular formula is C23H27N3. The highest BCUT2D eigenvalue weighted by Crippen LogP contribution is 2.50. The van der Waals surface area contributed by atoms with E-state index in [1.807, 2.05) is 6.20 Å². The van der Waals surface area contributed by atoms with Crippen LogP contribution < -0.4 is 0 Å². The van der Waals surface area contributed by atoms with E-state index < -0.39 is 0 Å². The molecule has 3 aliphatic rings. The molecule has 0 N–H and O–H groups in total. The first-order valence-corrected chi connectivity index (χ1v) is 9.86. The second-order valence-corrected chi connectivity index (χ2v) is 8.26. The maximum Gasteiger partial charge on any atom is 0.0486 e. The van der Waals surface area contributed by atoms with Crippen LogP contribution >= 0.6 is 0 Å². The van der Waals surface area contributed by atoms with Gasteiger partial charge in [-0.25, -0.2) is 0 Å². The summed E-state index contributed by atoms with van der Waals surface area (Å²) in [5.41, 5.74) is 8.46. The van der Waals surface area contributed by atoms with Gasteiger partial charge in [0.2, 0.25) is 0 Å². The molecule has 2 aromatic heterocycles. The Morgan fingerprint density at radius 1 is 1.12 bits per heavy atom. The number of aromatic nitrogens is 2. The van der Waals surface area contributed by atoms with Crippen molar-refractivity contribution in [3.63, 3.8) is 0 Å². The van der Waals surface area contributed by atoms with Crippen LogP contribution in [-0.2, 0) is 13.0 Å². The molecule has 1 saturated heterocycles. The van der Waals surface area contributed by atoms with Gasteiger partial charge in [-0.2, -0.15) is 0 Å². The molecular weight excluding hydrogens is 318 g/mol. The molecule has 3 heteroatoms. The molecule has 0 radical (unpaired) electrons. The van der Waals surface area contributed by atoms with Crippen molar-refractivity contribution in [2.45, 2.75) is 51.6 Å². The molecule has 4 heterocycles. The normalized spacial score (nSPS) is 22.1. The van der Waals surface area contributed by atoms with Crippen LogP contribution in [0.2, 0.25) is 0 Å². The Hall–Kier alpha value is -2.13. The highest BCUT2D eigenvalue weighted by molar-refractivity contribution is 5.87. The number of pyridine rings is 1. The van der Waals surface area contributed by atoms with Gasteiger partial charge in [0.15, 0.2) is 0 Å². The first-order chi connectivity index (χ1) is 12.6. The molecule has 0 amide bonds. The van der Waals surface area contributed by atoms with Crippen LogP contribution in [0.25, 0.3) is 10.9 Å². The van der Waals surface area contributed by atoms with Crippen LogP contribution in [0, 0.1) is 13.8 Å². The van der Waals surface area contributed by atoms with Crippen molar-refractivity contribution in [1.29, 1.82) is 0 Å². The lowest BCUT2D eigenvalue weighted by atomic mass is 9.78. The second-order valence-electron chi connectivity index (χ2n) is 8.26. The van der Waals surface area contributed by atoms with E-state index in [-0.39, 0.29) is 0 Å². The van der Waals surface area contributed by atoms with Gasteiger partial charge >= 0.3 is 0 Å². The molecule has 0 saturated carbocycles. The Bertz CT molecular complexity index is 967. The van der Waals surface area contributed by atoms with Crippen LogP contribution in [0.5, 0.6) is 0 Å². The average molecular weight is 345 g/mol. The zero-order valence-corrected chi connectivity index (χ0v) is 16.0. The number of hydrogen-bond donors (Lipinski definition) is 0. The largest absolute Gasteiger partial charge is 0.344 e. The van der Waals surface area contributed by atoms with Gasteiger partial charge in [0.25, 0.3) is 0 Å². The second kappa shape index (κ2) is 5.95. The van der Waals surface area contributed by atoms with E-state index in [4.69, 9.17) is 0 Å². The number of nitrogens with zero attached hydrogens (tertiary/aromatic N) is 3. The van der Waals surface area contributed by atoms with Gasteiger partial charge in [-0.15, -0.1) is 0 Å². The van der Waals surface area contributed by atoms with Gasteiger partial charge in [-0.1, -0.05) is 17.7 Å². The van der Waals surface area contributed by atoms with Gasteiger partial charge in [-0.3, -0.25) is 9.88 Å². The Labute approximate surface area is 155 Å². The molecule has 1 aromatic carbocycles. The van der Waals surface area contributed by atoms with Crippen LogP contribution in [0.3, 0.4) is 0 Å². The number of piperidine rings is 1. The smallest absolute Gasteiger partial charge is 0.0486 e. The fourth-order valence-electron chi connectivity index (χ4n) is 5.17. The molecule has 6 rings (SSSR count). The predicted octanol–water partition coefficient (Wildman–Crippen LogP) is 4.76. The third kappa shape index (κ3) is 2.41. The molecule has 3 nitrogen and oxygen atoms in total. The molecule has 2 atom stereocenters. The fourth-order valence-corrected chi connectivity index (χ4v) is 5.17. The third-order valence-corrected chi connectivity index (χ3v) is 6.45. The number of aryl methyl sites for hydroxylation is 4. The van der Waals surface area contributed by atoms with E-state index in [0.29, 0.717) is 12.0 Å². The number of rotatable bonds is 3. The molecule has 26 heavy (non-hydrogen) atoms. The molecule has 1 aliphatic carbocycles. The Morgan fingerprint density at radius 3 is 2.77 bits per heavy atom. The van der Waals surface area contributed by atoms with Gasteiger partial charge in [0.05, 0.1) is 0 Å². The average Bonchev–Trinajstić information content (AvgIpc) is 2.97. The van der Waals surface area contributed by atoms with Crippen molar-refractivity contribution < 1.29 is 0 Å². The minimum atomic E-state index is 0.599. The Balaban J connectivity index is 1.61. The first-order valence-electron chi connectivity index (χ1n) is 9.86. The van der Waals surface area contributed by atoms with Crippen LogP contribution in [0.4, 0.5) is 0 Å². The topological polar surface area (TPSA) is 21.1 Å². The summed E-state index contributed by atoms with van der Waals surface area (Å²) in [5, 5.41) is 1.49. The summed E-state index contributed by atoms with van der Waals surface area (Å²) in [6, 6.07) is 12.0. The minimum absolute atomic E-state index is 0.599. The van der Waals surface area contributed by atoms with Crippen LogP contribution in [0.1, 0.15) is 52.9 Å². The Morgan fingerprint density at radius 2 is 2.00 bits per heavy atom. The number of fused-ring (bicyclic) bond motifs is 3. The summed E-state index contributed by atoms with van der Waals surface area (Å²) >= 11 is 0. The lowest BCUT2D eigenvalue weighted by molar-refractivity contribution is 0.142. The highest BCUT2D eigenvalue weighted by Gasteiger charge is 2.40. The van der Waals surface area contributed by atoms with E-state index >= 15 is 0 Å². The van der Waals surface area contributed by atoms with Crippen molar-refractivity contribution in [2.75, 3.05) is 13.6 Å². The van der Waals surface area contributed by atoms with Crippen molar-refractivity contribution in [1.82, 2.24) is 14.5 Å². The number of benzene rings is 1. The summed E-state index contributed by atoms with van der Waals surface area (Å²) in [7, 11) is 2.30. The van der Waals surface area contributed by atoms with E-state index in [2.05, 4.69) is 65.7 Å². The predicted molar refractivity (Wildman–Crippen MR) is 107 cm³/mol. The maximum absolute atomic E-state index is 4.47. The molecule has 2 unspecified atom stereocenters. The molecule has 134 valence electrons. The van der Waals surface area contributed by atoms with Crippen molar-refractivity contribution in [3.05, 3.63) is 64.6 Å². The van der Waals surface area contributed by atoms with Crippen LogP contribution in [0.15, 0.2) is 36.5 Å². The monoisotopic (exact) mass is 345 g/mol. The first kappa shape index (κ1) is 16.1. The summed E-state index contributed by atoms with van der Waals surface area (Å²) < 4.78 is 2.63. The van der Waals surface area contributed by atoms with E-state index in [0.717, 1.165) is 18.7 Å². The third-order valence-electron chi connectivity index (χ3n) is 6.45. The summed E-state index contributed by atoms with van der Waals surface area (Å²) in [4.78, 5) is 7.05. The summed E-state index contributed by atoms with van der Waals surface area (Å²) in [5.74, 6) is 0.684. The standard InChI is InChI=1S/C23H27N3/c1-15-4-8-20-19(12-15)22-21-9-7-18(14-25(21)3)23(22)26(20)11-10-17-6-5-16(2)24-13-17/h4-6,8,12-13,18,21H,7,9-11,14H2,1-3H3. The number of likely N-dealkylation sites (N-methyl/N-ethyl adjacent to an activating group) is 1. The Kier molecular flexibility index (Phi) is 3.68. The van der Waals surface area contributed by atoms with Gasteiger partial charge in [-0.05, 0) is 69.5 Å². The quantitative estimate of drug-likeness (QED) is 0.682. The van der Waals surface area contributed by atoms with Gasteiger partial charge in [0.1, 0.15) is 0 Å². The van der Waals surface area contributed by atoms with E-state index in [9.17, 15) is 0 Å². The zero-order valence-electron chi connectivity index (χ0n) is 16.0. The van der Waals surface area contributed by atoms with Gasteiger partial charge < -0.3 is 4.57 Å². The molecule has 2 bridgehead atoms. The minimum Gasteiger partial charge on any atom is -0.344 e. The fraction of sp³-hybridized carbons (Fsp3) is 0.435. The number of hydrogen-bond acceptors (Lipinski definition) is 2. The van der Waals surface area contributed by atoms with E-state index in [1.54, 1.807) is 11.3 Å². The zero-order chi connectivity index (χ0) is 17.8. The molecule has 3 aromatic rings. The van der Waals surface area contributed by atoms with Gasteiger partial charge in [0, 0.05) is 53.5 Å². The van der Waals surface area contributed by atoms with Crippen molar-refractivity contribution in [3.8, 4) is 0 Å². The maximum atomic E-state index is 4.47. The van der Waals surface area contributed by atoms with Crippen molar-refractivity contribution >= 4 is 10.9 Å². The molecule has 1 fully saturated rings. The highest BCUT2D eigenvalue weighted by atomic mass is 15.2. The molecule has 2 aliphatic heterocycles.